The zero-order valence-electron chi connectivity index (χ0n) is 14.6. The molecule has 2 fully saturated rings. The lowest BCUT2D eigenvalue weighted by molar-refractivity contribution is -0.131. The summed E-state index contributed by atoms with van der Waals surface area (Å²) in [4.78, 5) is 15.8. The van der Waals surface area contributed by atoms with Crippen LogP contribution in [0.4, 0.5) is 0 Å². The Balaban J connectivity index is 1.37. The predicted octanol–water partition coefficient (Wildman–Crippen LogP) is 2.67. The van der Waals surface area contributed by atoms with Gasteiger partial charge in [-0.15, -0.1) is 11.3 Å². The molecule has 1 saturated heterocycles. The summed E-state index contributed by atoms with van der Waals surface area (Å²) < 4.78 is 25.3. The van der Waals surface area contributed by atoms with Gasteiger partial charge in [-0.3, -0.25) is 4.79 Å². The van der Waals surface area contributed by atoms with Crippen molar-refractivity contribution in [3.8, 4) is 11.1 Å². The van der Waals surface area contributed by atoms with E-state index in [0.717, 1.165) is 12.7 Å². The van der Waals surface area contributed by atoms with Crippen molar-refractivity contribution in [1.29, 1.82) is 0 Å². The number of amides is 1. The molecule has 0 spiro atoms. The summed E-state index contributed by atoms with van der Waals surface area (Å²) in [5.74, 6) is 0.531. The molecule has 2 aliphatic rings. The second kappa shape index (κ2) is 6.79. The number of benzene rings is 1. The first-order valence-electron chi connectivity index (χ1n) is 8.80. The molecule has 1 saturated carbocycles. The summed E-state index contributed by atoms with van der Waals surface area (Å²) in [6.07, 6.45) is 2.75. The molecule has 3 unspecified atom stereocenters. The standard InChI is InChI=1S/C19H22N2O3S2/c1-26(23,24)20-15-7-8-21(11-15)19(22)17-10-16(17)18-9-14(12-25-18)13-5-3-2-4-6-13/h2-6,9,12,15-17,20H,7-8,10-11H2,1H3. The van der Waals surface area contributed by atoms with Crippen LogP contribution in [0.25, 0.3) is 11.1 Å². The lowest BCUT2D eigenvalue weighted by Gasteiger charge is -2.16. The van der Waals surface area contributed by atoms with E-state index in [4.69, 9.17) is 0 Å². The topological polar surface area (TPSA) is 66.5 Å². The minimum atomic E-state index is -3.22. The van der Waals surface area contributed by atoms with Crippen molar-refractivity contribution in [2.45, 2.75) is 24.8 Å². The average molecular weight is 391 g/mol. The van der Waals surface area contributed by atoms with Crippen molar-refractivity contribution in [2.24, 2.45) is 5.92 Å². The molecule has 2 heterocycles. The third-order valence-corrected chi connectivity index (χ3v) is 6.91. The molecule has 2 aromatic rings. The Bertz CT molecular complexity index is 908. The molecule has 1 amide bonds. The van der Waals surface area contributed by atoms with Gasteiger partial charge in [0.2, 0.25) is 15.9 Å². The molecule has 0 radical (unpaired) electrons. The maximum Gasteiger partial charge on any atom is 0.226 e. The molecule has 138 valence electrons. The van der Waals surface area contributed by atoms with Crippen molar-refractivity contribution in [1.82, 2.24) is 9.62 Å². The third kappa shape index (κ3) is 3.84. The Morgan fingerprint density at radius 2 is 2.00 bits per heavy atom. The number of nitrogens with one attached hydrogen (secondary N) is 1. The number of hydrogen-bond donors (Lipinski definition) is 1. The fourth-order valence-electron chi connectivity index (χ4n) is 3.71. The van der Waals surface area contributed by atoms with Gasteiger partial charge < -0.3 is 4.90 Å². The number of rotatable bonds is 5. The summed E-state index contributed by atoms with van der Waals surface area (Å²) in [6, 6.07) is 12.3. The van der Waals surface area contributed by atoms with E-state index >= 15 is 0 Å². The van der Waals surface area contributed by atoms with Crippen molar-refractivity contribution < 1.29 is 13.2 Å². The van der Waals surface area contributed by atoms with Gasteiger partial charge in [0, 0.05) is 35.8 Å². The average Bonchev–Trinajstić information content (AvgIpc) is 3.02. The van der Waals surface area contributed by atoms with Crippen LogP contribution in [0.1, 0.15) is 23.6 Å². The Hall–Kier alpha value is -1.70. The van der Waals surface area contributed by atoms with Crippen molar-refractivity contribution in [3.05, 3.63) is 46.7 Å². The predicted molar refractivity (Wildman–Crippen MR) is 104 cm³/mol. The maximum atomic E-state index is 12.7. The van der Waals surface area contributed by atoms with Crippen LogP contribution in [-0.4, -0.2) is 44.6 Å². The highest BCUT2D eigenvalue weighted by atomic mass is 32.2. The largest absolute Gasteiger partial charge is 0.341 e. The molecule has 4 rings (SSSR count). The van der Waals surface area contributed by atoms with Crippen LogP contribution in [0.3, 0.4) is 0 Å². The Morgan fingerprint density at radius 3 is 2.73 bits per heavy atom. The number of carbonyl (C=O) groups excluding carboxylic acids is 1. The summed E-state index contributed by atoms with van der Waals surface area (Å²) >= 11 is 1.72. The molecule has 1 aromatic carbocycles. The van der Waals surface area contributed by atoms with Gasteiger partial charge in [-0.25, -0.2) is 13.1 Å². The number of thiophene rings is 1. The van der Waals surface area contributed by atoms with E-state index in [9.17, 15) is 13.2 Å². The molecule has 1 N–H and O–H groups in total. The second-order valence-electron chi connectivity index (χ2n) is 7.21. The Morgan fingerprint density at radius 1 is 1.23 bits per heavy atom. The van der Waals surface area contributed by atoms with Crippen LogP contribution in [0.15, 0.2) is 41.8 Å². The van der Waals surface area contributed by atoms with Gasteiger partial charge >= 0.3 is 0 Å². The van der Waals surface area contributed by atoms with Gasteiger partial charge in [0.1, 0.15) is 0 Å². The molecule has 1 aromatic heterocycles. The molecule has 0 bridgehead atoms. The first kappa shape index (κ1) is 17.7. The van der Waals surface area contributed by atoms with E-state index < -0.39 is 10.0 Å². The highest BCUT2D eigenvalue weighted by molar-refractivity contribution is 7.88. The quantitative estimate of drug-likeness (QED) is 0.854. The van der Waals surface area contributed by atoms with Gasteiger partial charge in [-0.1, -0.05) is 30.3 Å². The van der Waals surface area contributed by atoms with Gasteiger partial charge in [0.25, 0.3) is 0 Å². The van der Waals surface area contributed by atoms with Gasteiger partial charge in [0.15, 0.2) is 0 Å². The molecule has 5 nitrogen and oxygen atoms in total. The van der Waals surface area contributed by atoms with Crippen LogP contribution in [0, 0.1) is 5.92 Å². The van der Waals surface area contributed by atoms with Gasteiger partial charge in [-0.2, -0.15) is 0 Å². The number of likely N-dealkylation sites (tertiary alicyclic amines) is 1. The van der Waals surface area contributed by atoms with E-state index in [1.807, 2.05) is 23.1 Å². The minimum Gasteiger partial charge on any atom is -0.341 e. The monoisotopic (exact) mass is 390 g/mol. The first-order chi connectivity index (χ1) is 12.4. The van der Waals surface area contributed by atoms with Crippen molar-refractivity contribution in [2.75, 3.05) is 19.3 Å². The lowest BCUT2D eigenvalue weighted by atomic mass is 10.1. The molecular formula is C19H22N2O3S2. The van der Waals surface area contributed by atoms with E-state index in [1.165, 1.54) is 16.0 Å². The number of carbonyl (C=O) groups is 1. The van der Waals surface area contributed by atoms with Crippen LogP contribution >= 0.6 is 11.3 Å². The molecule has 26 heavy (non-hydrogen) atoms. The van der Waals surface area contributed by atoms with Crippen LogP contribution < -0.4 is 4.72 Å². The fourth-order valence-corrected chi connectivity index (χ4v) is 5.60. The van der Waals surface area contributed by atoms with Crippen LogP contribution in [0.2, 0.25) is 0 Å². The molecule has 3 atom stereocenters. The van der Waals surface area contributed by atoms with E-state index in [-0.39, 0.29) is 17.9 Å². The SMILES string of the molecule is CS(=O)(=O)NC1CCN(C(=O)C2CC2c2cc(-c3ccccc3)cs2)C1. The number of sulfonamides is 1. The highest BCUT2D eigenvalue weighted by Gasteiger charge is 2.47. The number of nitrogens with zero attached hydrogens (tertiary/aromatic N) is 1. The Labute approximate surface area is 158 Å². The first-order valence-corrected chi connectivity index (χ1v) is 11.6. The second-order valence-corrected chi connectivity index (χ2v) is 9.94. The normalized spacial score (nSPS) is 25.4. The summed E-state index contributed by atoms with van der Waals surface area (Å²) in [5, 5.41) is 2.16. The van der Waals surface area contributed by atoms with Crippen LogP contribution in [0.5, 0.6) is 0 Å². The van der Waals surface area contributed by atoms with Gasteiger partial charge in [0.05, 0.1) is 6.26 Å². The van der Waals surface area contributed by atoms with Gasteiger partial charge in [-0.05, 0) is 35.4 Å². The molecule has 7 heteroatoms. The smallest absolute Gasteiger partial charge is 0.226 e. The summed E-state index contributed by atoms with van der Waals surface area (Å²) in [7, 11) is -3.22. The van der Waals surface area contributed by atoms with E-state index in [0.29, 0.717) is 25.4 Å². The minimum absolute atomic E-state index is 0.0502. The van der Waals surface area contributed by atoms with E-state index in [2.05, 4.69) is 28.3 Å². The third-order valence-electron chi connectivity index (χ3n) is 5.08. The van der Waals surface area contributed by atoms with Crippen molar-refractivity contribution >= 4 is 27.3 Å². The maximum absolute atomic E-state index is 12.7. The molecule has 1 aliphatic carbocycles. The summed E-state index contributed by atoms with van der Waals surface area (Å²) in [6.45, 7) is 1.11. The zero-order valence-corrected chi connectivity index (χ0v) is 16.2. The van der Waals surface area contributed by atoms with E-state index in [1.54, 1.807) is 11.3 Å². The summed E-state index contributed by atoms with van der Waals surface area (Å²) in [5.41, 5.74) is 2.41. The lowest BCUT2D eigenvalue weighted by Crippen LogP contribution is -2.38. The number of hydrogen-bond acceptors (Lipinski definition) is 4. The fraction of sp³-hybridized carbons (Fsp3) is 0.421. The molecule has 1 aliphatic heterocycles. The zero-order chi connectivity index (χ0) is 18.3. The Kier molecular flexibility index (Phi) is 4.62. The highest BCUT2D eigenvalue weighted by Crippen LogP contribution is 2.51. The van der Waals surface area contributed by atoms with Crippen LogP contribution in [-0.2, 0) is 14.8 Å². The van der Waals surface area contributed by atoms with Crippen molar-refractivity contribution in [3.63, 3.8) is 0 Å². The molecular weight excluding hydrogens is 368 g/mol.